The topological polar surface area (TPSA) is 47.6 Å². The number of hydrazine groups is 1. The number of rotatable bonds is 6. The Kier molecular flexibility index (Phi) is 5.54. The van der Waals surface area contributed by atoms with E-state index in [1.54, 1.807) is 0 Å². The molecule has 1 aromatic rings. The van der Waals surface area contributed by atoms with Crippen molar-refractivity contribution in [3.05, 3.63) is 30.3 Å². The zero-order chi connectivity index (χ0) is 17.1. The van der Waals surface area contributed by atoms with E-state index in [-0.39, 0.29) is 5.91 Å². The van der Waals surface area contributed by atoms with Gasteiger partial charge in [0, 0.05) is 37.3 Å². The molecule has 3 unspecified atom stereocenters. The summed E-state index contributed by atoms with van der Waals surface area (Å²) in [5.41, 5.74) is 7.68. The summed E-state index contributed by atoms with van der Waals surface area (Å²) in [6.45, 7) is 7.40. The maximum absolute atomic E-state index is 12.3. The Bertz CT molecular complexity index is 540. The highest BCUT2D eigenvalue weighted by molar-refractivity contribution is 5.95. The first-order chi connectivity index (χ1) is 11.5. The Morgan fingerprint density at radius 1 is 1.17 bits per heavy atom. The highest BCUT2D eigenvalue weighted by Gasteiger charge is 2.32. The SMILES string of the molecule is CC1NNC(C)C1CCN(C)CC1CC(=O)N(c2ccccc2)C1. The van der Waals surface area contributed by atoms with Gasteiger partial charge in [-0.15, -0.1) is 0 Å². The lowest BCUT2D eigenvalue weighted by atomic mass is 9.93. The molecule has 132 valence electrons. The van der Waals surface area contributed by atoms with Crippen molar-refractivity contribution in [2.24, 2.45) is 11.8 Å². The number of amides is 1. The average molecular weight is 330 g/mol. The molecule has 1 amide bonds. The minimum Gasteiger partial charge on any atom is -0.312 e. The first-order valence-electron chi connectivity index (χ1n) is 9.09. The van der Waals surface area contributed by atoms with Crippen LogP contribution >= 0.6 is 0 Å². The Morgan fingerprint density at radius 3 is 2.50 bits per heavy atom. The molecule has 0 radical (unpaired) electrons. The predicted molar refractivity (Wildman–Crippen MR) is 97.7 cm³/mol. The Balaban J connectivity index is 1.47. The van der Waals surface area contributed by atoms with E-state index in [0.717, 1.165) is 25.3 Å². The van der Waals surface area contributed by atoms with E-state index in [2.05, 4.69) is 36.6 Å². The third-order valence-corrected chi connectivity index (χ3v) is 5.51. The number of carbonyl (C=O) groups excluding carboxylic acids is 1. The minimum atomic E-state index is 0.256. The fourth-order valence-electron chi connectivity index (χ4n) is 4.07. The maximum Gasteiger partial charge on any atom is 0.227 e. The van der Waals surface area contributed by atoms with Gasteiger partial charge in [-0.2, -0.15) is 0 Å². The van der Waals surface area contributed by atoms with E-state index in [4.69, 9.17) is 0 Å². The highest BCUT2D eigenvalue weighted by Crippen LogP contribution is 2.25. The van der Waals surface area contributed by atoms with Crippen molar-refractivity contribution in [2.45, 2.75) is 38.8 Å². The molecule has 0 saturated carbocycles. The fraction of sp³-hybridized carbons (Fsp3) is 0.632. The second-order valence-corrected chi connectivity index (χ2v) is 7.49. The predicted octanol–water partition coefficient (Wildman–Crippen LogP) is 1.86. The van der Waals surface area contributed by atoms with Gasteiger partial charge in [-0.25, -0.2) is 0 Å². The quantitative estimate of drug-likeness (QED) is 0.836. The van der Waals surface area contributed by atoms with Gasteiger partial charge in [0.05, 0.1) is 0 Å². The van der Waals surface area contributed by atoms with Gasteiger partial charge in [0.15, 0.2) is 0 Å². The summed E-state index contributed by atoms with van der Waals surface area (Å²) in [4.78, 5) is 16.6. The number of anilines is 1. The number of nitrogens with zero attached hydrogens (tertiary/aromatic N) is 2. The van der Waals surface area contributed by atoms with Crippen LogP contribution in [0.15, 0.2) is 30.3 Å². The van der Waals surface area contributed by atoms with E-state index in [0.29, 0.717) is 30.3 Å². The highest BCUT2D eigenvalue weighted by atomic mass is 16.2. The molecule has 3 rings (SSSR count). The van der Waals surface area contributed by atoms with Crippen LogP contribution < -0.4 is 15.8 Å². The number of carbonyl (C=O) groups is 1. The van der Waals surface area contributed by atoms with Crippen LogP contribution in [0.25, 0.3) is 0 Å². The van der Waals surface area contributed by atoms with Crippen molar-refractivity contribution in [2.75, 3.05) is 31.6 Å². The largest absolute Gasteiger partial charge is 0.312 e. The molecule has 2 aliphatic heterocycles. The molecule has 1 aromatic carbocycles. The molecule has 2 fully saturated rings. The van der Waals surface area contributed by atoms with Crippen LogP contribution in [0, 0.1) is 11.8 Å². The van der Waals surface area contributed by atoms with Crippen molar-refractivity contribution in [1.82, 2.24) is 15.8 Å². The lowest BCUT2D eigenvalue weighted by Crippen LogP contribution is -2.32. The van der Waals surface area contributed by atoms with Crippen LogP contribution in [0.5, 0.6) is 0 Å². The zero-order valence-corrected chi connectivity index (χ0v) is 15.0. The van der Waals surface area contributed by atoms with Gasteiger partial charge in [0.25, 0.3) is 0 Å². The summed E-state index contributed by atoms with van der Waals surface area (Å²) in [6.07, 6.45) is 1.85. The Morgan fingerprint density at radius 2 is 1.83 bits per heavy atom. The van der Waals surface area contributed by atoms with Crippen molar-refractivity contribution in [3.63, 3.8) is 0 Å². The van der Waals surface area contributed by atoms with E-state index >= 15 is 0 Å². The molecule has 0 aromatic heterocycles. The molecule has 3 atom stereocenters. The fourth-order valence-corrected chi connectivity index (χ4v) is 4.07. The molecular weight excluding hydrogens is 300 g/mol. The number of benzene rings is 1. The normalized spacial score (nSPS) is 30.5. The maximum atomic E-state index is 12.3. The molecule has 5 nitrogen and oxygen atoms in total. The standard InChI is InChI=1S/C19H30N4O/c1-14-18(15(2)21-20-14)9-10-22(3)12-16-11-19(24)23(13-16)17-7-5-4-6-8-17/h4-8,14-16,18,20-21H,9-13H2,1-3H3. The van der Waals surface area contributed by atoms with Gasteiger partial charge in [0.2, 0.25) is 5.91 Å². The van der Waals surface area contributed by atoms with Crippen LogP contribution in [-0.2, 0) is 4.79 Å². The molecule has 2 heterocycles. The number of hydrogen-bond donors (Lipinski definition) is 2. The molecule has 24 heavy (non-hydrogen) atoms. The first-order valence-corrected chi connectivity index (χ1v) is 9.09. The van der Waals surface area contributed by atoms with Crippen LogP contribution in [0.3, 0.4) is 0 Å². The monoisotopic (exact) mass is 330 g/mol. The molecule has 0 bridgehead atoms. The molecule has 2 saturated heterocycles. The summed E-state index contributed by atoms with van der Waals surface area (Å²) < 4.78 is 0. The van der Waals surface area contributed by atoms with E-state index in [1.807, 2.05) is 35.2 Å². The second-order valence-electron chi connectivity index (χ2n) is 7.49. The second kappa shape index (κ2) is 7.64. The zero-order valence-electron chi connectivity index (χ0n) is 15.0. The molecule has 0 spiro atoms. The summed E-state index contributed by atoms with van der Waals surface area (Å²) in [7, 11) is 2.18. The minimum absolute atomic E-state index is 0.256. The van der Waals surface area contributed by atoms with Gasteiger partial charge < -0.3 is 9.80 Å². The van der Waals surface area contributed by atoms with Crippen molar-refractivity contribution < 1.29 is 4.79 Å². The number of hydrogen-bond acceptors (Lipinski definition) is 4. The lowest BCUT2D eigenvalue weighted by molar-refractivity contribution is -0.117. The smallest absolute Gasteiger partial charge is 0.227 e. The third kappa shape index (κ3) is 3.97. The van der Waals surface area contributed by atoms with E-state index in [9.17, 15) is 4.79 Å². The van der Waals surface area contributed by atoms with Gasteiger partial charge >= 0.3 is 0 Å². The molecule has 2 aliphatic rings. The first kappa shape index (κ1) is 17.4. The Labute approximate surface area is 145 Å². The van der Waals surface area contributed by atoms with Crippen molar-refractivity contribution in [1.29, 1.82) is 0 Å². The summed E-state index contributed by atoms with van der Waals surface area (Å²) in [5.74, 6) is 1.35. The van der Waals surface area contributed by atoms with Crippen molar-refractivity contribution >= 4 is 11.6 Å². The average Bonchev–Trinajstić information content (AvgIpc) is 3.09. The van der Waals surface area contributed by atoms with E-state index < -0.39 is 0 Å². The molecular formula is C19H30N4O. The van der Waals surface area contributed by atoms with Crippen LogP contribution in [0.1, 0.15) is 26.7 Å². The van der Waals surface area contributed by atoms with Crippen molar-refractivity contribution in [3.8, 4) is 0 Å². The molecule has 0 aliphatic carbocycles. The van der Waals surface area contributed by atoms with Gasteiger partial charge in [0.1, 0.15) is 0 Å². The third-order valence-electron chi connectivity index (χ3n) is 5.51. The van der Waals surface area contributed by atoms with Gasteiger partial charge in [-0.1, -0.05) is 18.2 Å². The van der Waals surface area contributed by atoms with Gasteiger partial charge in [-0.05, 0) is 57.8 Å². The summed E-state index contributed by atoms with van der Waals surface area (Å²) in [6, 6.07) is 11.1. The summed E-state index contributed by atoms with van der Waals surface area (Å²) in [5, 5.41) is 0. The van der Waals surface area contributed by atoms with E-state index in [1.165, 1.54) is 6.42 Å². The lowest BCUT2D eigenvalue weighted by Gasteiger charge is -2.24. The summed E-state index contributed by atoms with van der Waals surface area (Å²) >= 11 is 0. The molecule has 2 N–H and O–H groups in total. The Hall–Kier alpha value is -1.43. The van der Waals surface area contributed by atoms with Gasteiger partial charge in [-0.3, -0.25) is 15.6 Å². The van der Waals surface area contributed by atoms with Crippen LogP contribution in [0.4, 0.5) is 5.69 Å². The molecule has 5 heteroatoms. The number of nitrogens with one attached hydrogen (secondary N) is 2. The van der Waals surface area contributed by atoms with Crippen LogP contribution in [-0.4, -0.2) is 49.6 Å². The number of para-hydroxylation sites is 1. The van der Waals surface area contributed by atoms with Crippen LogP contribution in [0.2, 0.25) is 0 Å².